The molecule has 0 saturated carbocycles. The molecular weight excluding hydrogens is 234 g/mol. The Labute approximate surface area is 103 Å². The largest absolute Gasteiger partial charge is 0.350 e. The molecule has 0 aliphatic rings. The summed E-state index contributed by atoms with van der Waals surface area (Å²) in [5.74, 6) is -0.317. The zero-order valence-corrected chi connectivity index (χ0v) is 9.88. The van der Waals surface area contributed by atoms with Crippen molar-refractivity contribution in [2.45, 2.75) is 6.42 Å². The van der Waals surface area contributed by atoms with Crippen molar-refractivity contribution in [3.8, 4) is 0 Å². The summed E-state index contributed by atoms with van der Waals surface area (Å²) in [5.41, 5.74) is 0.767. The zero-order chi connectivity index (χ0) is 13.0. The van der Waals surface area contributed by atoms with Crippen LogP contribution in [0.5, 0.6) is 0 Å². The molecule has 0 aromatic carbocycles. The topological polar surface area (TPSA) is 92.7 Å². The van der Waals surface area contributed by atoms with E-state index < -0.39 is 0 Å². The Hall–Kier alpha value is -2.44. The van der Waals surface area contributed by atoms with Gasteiger partial charge in [-0.2, -0.15) is 10.2 Å². The van der Waals surface area contributed by atoms with Crippen LogP contribution in [-0.2, 0) is 13.5 Å². The quantitative estimate of drug-likeness (QED) is 0.760. The average Bonchev–Trinajstić information content (AvgIpc) is 2.76. The van der Waals surface area contributed by atoms with Gasteiger partial charge in [0.2, 0.25) is 0 Å². The van der Waals surface area contributed by atoms with Gasteiger partial charge in [-0.25, -0.2) is 5.10 Å². The first-order valence-electron chi connectivity index (χ1n) is 5.47. The number of aryl methyl sites for hydroxylation is 1. The minimum atomic E-state index is -0.333. The van der Waals surface area contributed by atoms with E-state index in [0.717, 1.165) is 5.69 Å². The van der Waals surface area contributed by atoms with Crippen LogP contribution in [0.25, 0.3) is 0 Å². The second-order valence-electron chi connectivity index (χ2n) is 3.79. The fraction of sp³-hybridized carbons (Fsp3) is 0.273. The molecule has 2 aromatic heterocycles. The molecule has 2 N–H and O–H groups in total. The molecule has 18 heavy (non-hydrogen) atoms. The van der Waals surface area contributed by atoms with Gasteiger partial charge in [-0.3, -0.25) is 14.3 Å². The van der Waals surface area contributed by atoms with Gasteiger partial charge in [0.05, 0.1) is 5.69 Å². The van der Waals surface area contributed by atoms with E-state index in [1.807, 2.05) is 19.3 Å². The van der Waals surface area contributed by atoms with E-state index in [-0.39, 0.29) is 17.2 Å². The number of nitrogens with zero attached hydrogens (tertiary/aromatic N) is 3. The maximum Gasteiger partial charge on any atom is 0.271 e. The molecule has 2 rings (SSSR count). The van der Waals surface area contributed by atoms with Gasteiger partial charge < -0.3 is 5.32 Å². The monoisotopic (exact) mass is 247 g/mol. The molecule has 0 bridgehead atoms. The Morgan fingerprint density at radius 2 is 2.28 bits per heavy atom. The Kier molecular flexibility index (Phi) is 3.52. The molecule has 94 valence electrons. The number of hydrogen-bond donors (Lipinski definition) is 2. The van der Waals surface area contributed by atoms with Crippen molar-refractivity contribution in [1.29, 1.82) is 0 Å². The van der Waals surface area contributed by atoms with Gasteiger partial charge in [-0.1, -0.05) is 0 Å². The summed E-state index contributed by atoms with van der Waals surface area (Å²) in [6.07, 6.45) is 2.50. The molecule has 7 nitrogen and oxygen atoms in total. The molecule has 0 radical (unpaired) electrons. The van der Waals surface area contributed by atoms with Crippen LogP contribution in [-0.4, -0.2) is 32.4 Å². The highest BCUT2D eigenvalue weighted by molar-refractivity contribution is 5.91. The van der Waals surface area contributed by atoms with E-state index in [1.54, 1.807) is 4.68 Å². The molecule has 2 heterocycles. The molecular formula is C11H13N5O2. The Morgan fingerprint density at radius 1 is 1.44 bits per heavy atom. The maximum atomic E-state index is 11.6. The minimum Gasteiger partial charge on any atom is -0.350 e. The first-order chi connectivity index (χ1) is 8.65. The number of aromatic amines is 1. The molecule has 0 unspecified atom stereocenters. The highest BCUT2D eigenvalue weighted by Crippen LogP contribution is 1.95. The van der Waals surface area contributed by atoms with E-state index in [4.69, 9.17) is 0 Å². The fourth-order valence-corrected chi connectivity index (χ4v) is 1.46. The third-order valence-corrected chi connectivity index (χ3v) is 2.35. The number of nitrogens with one attached hydrogen (secondary N) is 2. The zero-order valence-electron chi connectivity index (χ0n) is 9.88. The molecule has 0 saturated heterocycles. The summed E-state index contributed by atoms with van der Waals surface area (Å²) in [4.78, 5) is 22.4. The molecule has 7 heteroatoms. The fourth-order valence-electron chi connectivity index (χ4n) is 1.46. The van der Waals surface area contributed by atoms with Crippen LogP contribution in [0, 0.1) is 0 Å². The maximum absolute atomic E-state index is 11.6. The van der Waals surface area contributed by atoms with E-state index in [1.165, 1.54) is 12.1 Å². The van der Waals surface area contributed by atoms with Crippen molar-refractivity contribution in [3.05, 3.63) is 46.1 Å². The van der Waals surface area contributed by atoms with Gasteiger partial charge in [-0.15, -0.1) is 0 Å². The predicted molar refractivity (Wildman–Crippen MR) is 64.1 cm³/mol. The molecule has 0 fully saturated rings. The van der Waals surface area contributed by atoms with Crippen LogP contribution in [0.3, 0.4) is 0 Å². The van der Waals surface area contributed by atoms with E-state index in [9.17, 15) is 9.59 Å². The third kappa shape index (κ3) is 3.03. The molecule has 0 atom stereocenters. The van der Waals surface area contributed by atoms with Crippen molar-refractivity contribution >= 4 is 5.91 Å². The Morgan fingerprint density at radius 3 is 2.89 bits per heavy atom. The molecule has 1 amide bonds. The summed E-state index contributed by atoms with van der Waals surface area (Å²) in [6.45, 7) is 0.469. The van der Waals surface area contributed by atoms with E-state index >= 15 is 0 Å². The van der Waals surface area contributed by atoms with Crippen molar-refractivity contribution in [3.63, 3.8) is 0 Å². The number of carbonyl (C=O) groups excluding carboxylic acids is 1. The Bertz CT molecular complexity index is 581. The summed E-state index contributed by atoms with van der Waals surface area (Å²) in [6, 6.07) is 4.54. The summed E-state index contributed by atoms with van der Waals surface area (Å²) in [7, 11) is 1.84. The number of amides is 1. The van der Waals surface area contributed by atoms with Crippen LogP contribution in [0.2, 0.25) is 0 Å². The lowest BCUT2D eigenvalue weighted by Crippen LogP contribution is -2.27. The van der Waals surface area contributed by atoms with Crippen molar-refractivity contribution in [2.24, 2.45) is 7.05 Å². The van der Waals surface area contributed by atoms with Crippen LogP contribution in [0.1, 0.15) is 16.2 Å². The summed E-state index contributed by atoms with van der Waals surface area (Å²) >= 11 is 0. The number of H-pyrrole nitrogens is 1. The Balaban J connectivity index is 1.85. The normalized spacial score (nSPS) is 10.3. The third-order valence-electron chi connectivity index (χ3n) is 2.35. The molecule has 0 aliphatic heterocycles. The van der Waals surface area contributed by atoms with E-state index in [2.05, 4.69) is 20.6 Å². The number of rotatable bonds is 4. The second-order valence-corrected chi connectivity index (χ2v) is 3.79. The first kappa shape index (κ1) is 12.0. The smallest absolute Gasteiger partial charge is 0.271 e. The highest BCUT2D eigenvalue weighted by Gasteiger charge is 2.06. The van der Waals surface area contributed by atoms with Crippen LogP contribution in [0.15, 0.2) is 29.2 Å². The van der Waals surface area contributed by atoms with E-state index in [0.29, 0.717) is 13.0 Å². The van der Waals surface area contributed by atoms with Crippen LogP contribution in [0.4, 0.5) is 0 Å². The minimum absolute atomic E-state index is 0.190. The first-order valence-corrected chi connectivity index (χ1v) is 5.47. The van der Waals surface area contributed by atoms with Gasteiger partial charge >= 0.3 is 0 Å². The second kappa shape index (κ2) is 5.26. The number of hydrogen-bond acceptors (Lipinski definition) is 4. The lowest BCUT2D eigenvalue weighted by molar-refractivity contribution is 0.0948. The summed E-state index contributed by atoms with van der Waals surface area (Å²) < 4.78 is 1.71. The van der Waals surface area contributed by atoms with Crippen LogP contribution < -0.4 is 10.9 Å². The lowest BCUT2D eigenvalue weighted by Gasteiger charge is -2.02. The van der Waals surface area contributed by atoms with Gasteiger partial charge in [0.25, 0.3) is 11.5 Å². The van der Waals surface area contributed by atoms with Gasteiger partial charge in [-0.05, 0) is 12.1 Å². The van der Waals surface area contributed by atoms with Gasteiger partial charge in [0, 0.05) is 32.3 Å². The highest BCUT2D eigenvalue weighted by atomic mass is 16.2. The SMILES string of the molecule is Cn1ccc(CCNC(=O)c2ccc(=O)[nH]n2)n1. The molecule has 2 aromatic rings. The molecule has 0 aliphatic carbocycles. The lowest BCUT2D eigenvalue weighted by atomic mass is 10.3. The van der Waals surface area contributed by atoms with Crippen molar-refractivity contribution in [1.82, 2.24) is 25.3 Å². The van der Waals surface area contributed by atoms with Crippen LogP contribution >= 0.6 is 0 Å². The average molecular weight is 247 g/mol. The van der Waals surface area contributed by atoms with Crippen molar-refractivity contribution < 1.29 is 4.79 Å². The predicted octanol–water partition coefficient (Wildman–Crippen LogP) is -0.524. The molecule has 0 spiro atoms. The van der Waals surface area contributed by atoms with Gasteiger partial charge in [0.15, 0.2) is 0 Å². The number of aromatic nitrogens is 4. The summed E-state index contributed by atoms with van der Waals surface area (Å²) in [5, 5.41) is 12.7. The van der Waals surface area contributed by atoms with Crippen molar-refractivity contribution in [2.75, 3.05) is 6.54 Å². The van der Waals surface area contributed by atoms with Gasteiger partial charge in [0.1, 0.15) is 5.69 Å². The number of carbonyl (C=O) groups is 1. The standard InChI is InChI=1S/C11H13N5O2/c1-16-7-5-8(15-16)4-6-12-11(18)9-2-3-10(17)14-13-9/h2-3,5,7H,4,6H2,1H3,(H,12,18)(H,14,17).